The van der Waals surface area contributed by atoms with Gasteiger partial charge in [0.25, 0.3) is 0 Å². The number of rotatable bonds is 7. The van der Waals surface area contributed by atoms with Crippen molar-refractivity contribution >= 4 is 5.78 Å². The van der Waals surface area contributed by atoms with Gasteiger partial charge < -0.3 is 14.2 Å². The van der Waals surface area contributed by atoms with Crippen LogP contribution in [0.5, 0.6) is 11.5 Å². The summed E-state index contributed by atoms with van der Waals surface area (Å²) in [6, 6.07) is 7.20. The normalized spacial score (nSPS) is 9.88. The van der Waals surface area contributed by atoms with Gasteiger partial charge in [-0.3, -0.25) is 4.79 Å². The molecule has 1 rings (SSSR count). The standard InChI is InChI=1S/C12H16O4/c1-3-15-11-5-4-6-12(7-11)16-9-10(13)8-14-2/h4-7H,3,8-9H2,1-2H3. The minimum atomic E-state index is -0.0932. The van der Waals surface area contributed by atoms with Gasteiger partial charge in [0.1, 0.15) is 24.7 Å². The van der Waals surface area contributed by atoms with Crippen LogP contribution in [-0.4, -0.2) is 32.7 Å². The van der Waals surface area contributed by atoms with Crippen molar-refractivity contribution in [3.63, 3.8) is 0 Å². The first-order valence-corrected chi connectivity index (χ1v) is 5.12. The fourth-order valence-electron chi connectivity index (χ4n) is 1.19. The van der Waals surface area contributed by atoms with Gasteiger partial charge in [-0.15, -0.1) is 0 Å². The summed E-state index contributed by atoms with van der Waals surface area (Å²) in [4.78, 5) is 11.1. The van der Waals surface area contributed by atoms with Crippen molar-refractivity contribution in [1.82, 2.24) is 0 Å². The van der Waals surface area contributed by atoms with Crippen LogP contribution in [0.2, 0.25) is 0 Å². The Labute approximate surface area is 95.1 Å². The van der Waals surface area contributed by atoms with Crippen LogP contribution in [-0.2, 0) is 9.53 Å². The second kappa shape index (κ2) is 6.85. The van der Waals surface area contributed by atoms with E-state index in [4.69, 9.17) is 14.2 Å². The van der Waals surface area contributed by atoms with E-state index in [0.29, 0.717) is 12.4 Å². The van der Waals surface area contributed by atoms with Crippen LogP contribution in [0.25, 0.3) is 0 Å². The number of carbonyl (C=O) groups is 1. The third-order valence-corrected chi connectivity index (χ3v) is 1.82. The lowest BCUT2D eigenvalue weighted by atomic mass is 10.3. The van der Waals surface area contributed by atoms with E-state index in [0.717, 1.165) is 5.75 Å². The molecule has 0 aliphatic heterocycles. The SMILES string of the molecule is CCOc1cccc(OCC(=O)COC)c1. The van der Waals surface area contributed by atoms with Crippen molar-refractivity contribution in [1.29, 1.82) is 0 Å². The molecule has 0 unspecified atom stereocenters. The summed E-state index contributed by atoms with van der Waals surface area (Å²) in [7, 11) is 1.48. The zero-order chi connectivity index (χ0) is 11.8. The maximum Gasteiger partial charge on any atom is 0.195 e. The van der Waals surface area contributed by atoms with Gasteiger partial charge in [-0.05, 0) is 19.1 Å². The molecule has 0 N–H and O–H groups in total. The Morgan fingerprint density at radius 2 is 1.88 bits per heavy atom. The Morgan fingerprint density at radius 3 is 2.50 bits per heavy atom. The molecular formula is C12H16O4. The first-order chi connectivity index (χ1) is 7.76. The van der Waals surface area contributed by atoms with Crippen LogP contribution < -0.4 is 9.47 Å². The Hall–Kier alpha value is -1.55. The molecule has 0 heterocycles. The Balaban J connectivity index is 2.47. The second-order valence-electron chi connectivity index (χ2n) is 3.17. The first kappa shape index (κ1) is 12.5. The minimum Gasteiger partial charge on any atom is -0.494 e. The highest BCUT2D eigenvalue weighted by Gasteiger charge is 2.03. The summed E-state index contributed by atoms with van der Waals surface area (Å²) in [6.07, 6.45) is 0. The number of ether oxygens (including phenoxy) is 3. The average Bonchev–Trinajstić information content (AvgIpc) is 2.28. The van der Waals surface area contributed by atoms with Gasteiger partial charge in [0, 0.05) is 13.2 Å². The van der Waals surface area contributed by atoms with Gasteiger partial charge >= 0.3 is 0 Å². The molecule has 0 amide bonds. The van der Waals surface area contributed by atoms with Crippen LogP contribution in [0.15, 0.2) is 24.3 Å². The molecule has 16 heavy (non-hydrogen) atoms. The van der Waals surface area contributed by atoms with E-state index in [2.05, 4.69) is 0 Å². The Kier molecular flexibility index (Phi) is 5.36. The molecule has 0 aromatic heterocycles. The van der Waals surface area contributed by atoms with Gasteiger partial charge in [0.2, 0.25) is 0 Å². The topological polar surface area (TPSA) is 44.8 Å². The summed E-state index contributed by atoms with van der Waals surface area (Å²) >= 11 is 0. The van der Waals surface area contributed by atoms with Gasteiger partial charge in [0.15, 0.2) is 5.78 Å². The summed E-state index contributed by atoms with van der Waals surface area (Å²) in [5.41, 5.74) is 0. The highest BCUT2D eigenvalue weighted by atomic mass is 16.5. The van der Waals surface area contributed by atoms with E-state index >= 15 is 0 Å². The fraction of sp³-hybridized carbons (Fsp3) is 0.417. The van der Waals surface area contributed by atoms with E-state index in [-0.39, 0.29) is 19.0 Å². The molecular weight excluding hydrogens is 208 g/mol. The van der Waals surface area contributed by atoms with Crippen molar-refractivity contribution in [2.75, 3.05) is 26.9 Å². The molecule has 0 fully saturated rings. The third-order valence-electron chi connectivity index (χ3n) is 1.82. The van der Waals surface area contributed by atoms with Crippen LogP contribution in [0.3, 0.4) is 0 Å². The monoisotopic (exact) mass is 224 g/mol. The molecule has 0 aliphatic carbocycles. The molecule has 0 atom stereocenters. The number of ketones is 1. The number of carbonyl (C=O) groups excluding carboxylic acids is 1. The molecule has 0 radical (unpaired) electrons. The molecule has 0 saturated heterocycles. The maximum absolute atomic E-state index is 11.1. The average molecular weight is 224 g/mol. The van der Waals surface area contributed by atoms with Crippen molar-refractivity contribution in [3.8, 4) is 11.5 Å². The van der Waals surface area contributed by atoms with Crippen LogP contribution in [0, 0.1) is 0 Å². The first-order valence-electron chi connectivity index (χ1n) is 5.12. The number of hydrogen-bond donors (Lipinski definition) is 0. The van der Waals surface area contributed by atoms with Gasteiger partial charge in [0.05, 0.1) is 6.61 Å². The van der Waals surface area contributed by atoms with Crippen molar-refractivity contribution in [3.05, 3.63) is 24.3 Å². The van der Waals surface area contributed by atoms with Crippen molar-refractivity contribution in [2.24, 2.45) is 0 Å². The second-order valence-corrected chi connectivity index (χ2v) is 3.17. The zero-order valence-corrected chi connectivity index (χ0v) is 9.56. The molecule has 0 spiro atoms. The quantitative estimate of drug-likeness (QED) is 0.706. The number of hydrogen-bond acceptors (Lipinski definition) is 4. The number of Topliss-reactive ketones (excluding diaryl/α,β-unsaturated/α-hetero) is 1. The van der Waals surface area contributed by atoms with Gasteiger partial charge in [-0.1, -0.05) is 6.07 Å². The molecule has 0 bridgehead atoms. The fourth-order valence-corrected chi connectivity index (χ4v) is 1.19. The molecule has 0 aliphatic rings. The highest BCUT2D eigenvalue weighted by Crippen LogP contribution is 2.19. The Morgan fingerprint density at radius 1 is 1.19 bits per heavy atom. The molecule has 1 aromatic carbocycles. The lowest BCUT2D eigenvalue weighted by molar-refractivity contribution is -0.124. The van der Waals surface area contributed by atoms with Gasteiger partial charge in [-0.2, -0.15) is 0 Å². The van der Waals surface area contributed by atoms with Crippen LogP contribution in [0.1, 0.15) is 6.92 Å². The molecule has 4 nitrogen and oxygen atoms in total. The summed E-state index contributed by atoms with van der Waals surface area (Å²) in [6.45, 7) is 2.61. The van der Waals surface area contributed by atoms with E-state index in [1.54, 1.807) is 12.1 Å². The smallest absolute Gasteiger partial charge is 0.195 e. The largest absolute Gasteiger partial charge is 0.494 e. The number of methoxy groups -OCH3 is 1. The van der Waals surface area contributed by atoms with E-state index < -0.39 is 0 Å². The van der Waals surface area contributed by atoms with E-state index in [9.17, 15) is 4.79 Å². The van der Waals surface area contributed by atoms with Crippen LogP contribution in [0.4, 0.5) is 0 Å². The van der Waals surface area contributed by atoms with Gasteiger partial charge in [-0.25, -0.2) is 0 Å². The summed E-state index contributed by atoms with van der Waals surface area (Å²) in [5.74, 6) is 1.26. The predicted octanol–water partition coefficient (Wildman–Crippen LogP) is 1.68. The molecule has 4 heteroatoms. The van der Waals surface area contributed by atoms with Crippen molar-refractivity contribution < 1.29 is 19.0 Å². The summed E-state index contributed by atoms with van der Waals surface area (Å²) < 4.78 is 15.3. The predicted molar refractivity (Wildman–Crippen MR) is 60.0 cm³/mol. The Bertz CT molecular complexity index is 336. The van der Waals surface area contributed by atoms with E-state index in [1.807, 2.05) is 19.1 Å². The maximum atomic E-state index is 11.1. The lowest BCUT2D eigenvalue weighted by Gasteiger charge is -2.07. The highest BCUT2D eigenvalue weighted by molar-refractivity contribution is 5.81. The van der Waals surface area contributed by atoms with Crippen molar-refractivity contribution in [2.45, 2.75) is 6.92 Å². The zero-order valence-electron chi connectivity index (χ0n) is 9.56. The minimum absolute atomic E-state index is 0.0173. The number of benzene rings is 1. The van der Waals surface area contributed by atoms with E-state index in [1.165, 1.54) is 7.11 Å². The molecule has 1 aromatic rings. The molecule has 88 valence electrons. The van der Waals surface area contributed by atoms with Crippen LogP contribution >= 0.6 is 0 Å². The molecule has 0 saturated carbocycles. The third kappa shape index (κ3) is 4.31. The lowest BCUT2D eigenvalue weighted by Crippen LogP contribution is -2.16. The summed E-state index contributed by atoms with van der Waals surface area (Å²) in [5, 5.41) is 0.